The molecule has 0 bridgehead atoms. The molecule has 0 radical (unpaired) electrons. The van der Waals surface area contributed by atoms with Crippen molar-refractivity contribution in [1.29, 1.82) is 0 Å². The molecule has 0 unspecified atom stereocenters. The van der Waals surface area contributed by atoms with E-state index in [1.165, 1.54) is 0 Å². The van der Waals surface area contributed by atoms with Crippen molar-refractivity contribution < 1.29 is 4.79 Å². The van der Waals surface area contributed by atoms with Crippen LogP contribution < -0.4 is 0 Å². The molecule has 2 aromatic rings. The summed E-state index contributed by atoms with van der Waals surface area (Å²) in [7, 11) is 0. The Labute approximate surface area is 142 Å². The quantitative estimate of drug-likeness (QED) is 0.822. The van der Waals surface area contributed by atoms with E-state index in [1.54, 1.807) is 12.7 Å². The number of carbonyl (C=O) groups excluding carboxylic acids is 1. The van der Waals surface area contributed by atoms with E-state index in [1.807, 2.05) is 22.5 Å². The van der Waals surface area contributed by atoms with Crippen LogP contribution in [-0.4, -0.2) is 61.6 Å². The first-order chi connectivity index (χ1) is 11.7. The van der Waals surface area contributed by atoms with E-state index in [-0.39, 0.29) is 5.91 Å². The van der Waals surface area contributed by atoms with E-state index in [9.17, 15) is 4.79 Å². The summed E-state index contributed by atoms with van der Waals surface area (Å²) in [5.74, 6) is 0.208. The number of aryl methyl sites for hydroxylation is 2. The van der Waals surface area contributed by atoms with Crippen LogP contribution in [0.1, 0.15) is 24.2 Å². The zero-order chi connectivity index (χ0) is 16.8. The van der Waals surface area contributed by atoms with Crippen LogP contribution in [0.15, 0.2) is 30.9 Å². The normalized spacial score (nSPS) is 16.1. The summed E-state index contributed by atoms with van der Waals surface area (Å²) < 4.78 is 1.84. The van der Waals surface area contributed by atoms with Crippen molar-refractivity contribution in [2.24, 2.45) is 0 Å². The molecule has 1 aliphatic heterocycles. The third-order valence-corrected chi connectivity index (χ3v) is 4.32. The highest BCUT2D eigenvalue weighted by atomic mass is 16.2. The molecule has 1 aliphatic rings. The van der Waals surface area contributed by atoms with Gasteiger partial charge in [0.05, 0.1) is 5.69 Å². The zero-order valence-electron chi connectivity index (χ0n) is 14.1. The fourth-order valence-electron chi connectivity index (χ4n) is 3.02. The predicted molar refractivity (Wildman–Crippen MR) is 90.1 cm³/mol. The lowest BCUT2D eigenvalue weighted by atomic mass is 10.3. The molecular formula is C17H24N6O. The molecular weight excluding hydrogens is 304 g/mol. The lowest BCUT2D eigenvalue weighted by Crippen LogP contribution is -2.35. The minimum absolute atomic E-state index is 0.208. The Morgan fingerprint density at radius 3 is 2.75 bits per heavy atom. The molecule has 3 heterocycles. The standard InChI is InChI=1S/C17H24N6O/c1-15-4-2-5-16(20-15)12-21-7-3-8-23(11-10-21)17(24)6-9-22-13-18-19-14-22/h2,4-5,13-14H,3,6-12H2,1H3. The van der Waals surface area contributed by atoms with Crippen molar-refractivity contribution in [2.45, 2.75) is 32.9 Å². The summed E-state index contributed by atoms with van der Waals surface area (Å²) in [5.41, 5.74) is 2.15. The highest BCUT2D eigenvalue weighted by Crippen LogP contribution is 2.09. The first-order valence-electron chi connectivity index (χ1n) is 8.46. The summed E-state index contributed by atoms with van der Waals surface area (Å²) >= 11 is 0. The number of amides is 1. The summed E-state index contributed by atoms with van der Waals surface area (Å²) in [6.07, 6.45) is 4.79. The summed E-state index contributed by atoms with van der Waals surface area (Å²) in [5, 5.41) is 7.52. The molecule has 7 heteroatoms. The summed E-state index contributed by atoms with van der Waals surface area (Å²) in [4.78, 5) is 21.3. The fraction of sp³-hybridized carbons (Fsp3) is 0.529. The molecule has 0 saturated carbocycles. The molecule has 1 amide bonds. The minimum atomic E-state index is 0.208. The first-order valence-corrected chi connectivity index (χ1v) is 8.46. The van der Waals surface area contributed by atoms with Crippen LogP contribution in [0.3, 0.4) is 0 Å². The van der Waals surface area contributed by atoms with Crippen LogP contribution in [-0.2, 0) is 17.9 Å². The third-order valence-electron chi connectivity index (χ3n) is 4.32. The lowest BCUT2D eigenvalue weighted by Gasteiger charge is -2.22. The van der Waals surface area contributed by atoms with Gasteiger partial charge >= 0.3 is 0 Å². The average molecular weight is 328 g/mol. The van der Waals surface area contributed by atoms with Gasteiger partial charge in [-0.1, -0.05) is 6.07 Å². The summed E-state index contributed by atoms with van der Waals surface area (Å²) in [6, 6.07) is 6.14. The third kappa shape index (κ3) is 4.61. The fourth-order valence-corrected chi connectivity index (χ4v) is 3.02. The predicted octanol–water partition coefficient (Wildman–Crippen LogP) is 1.11. The van der Waals surface area contributed by atoms with E-state index in [0.717, 1.165) is 50.5 Å². The van der Waals surface area contributed by atoms with Gasteiger partial charge in [0.15, 0.2) is 0 Å². The van der Waals surface area contributed by atoms with E-state index in [0.29, 0.717) is 13.0 Å². The SMILES string of the molecule is Cc1cccc(CN2CCCN(C(=O)CCn3cnnc3)CC2)n1. The largest absolute Gasteiger partial charge is 0.341 e. The van der Waals surface area contributed by atoms with Gasteiger partial charge in [0, 0.05) is 51.4 Å². The van der Waals surface area contributed by atoms with Gasteiger partial charge in [-0.15, -0.1) is 10.2 Å². The Hall–Kier alpha value is -2.28. The van der Waals surface area contributed by atoms with Crippen LogP contribution in [0.4, 0.5) is 0 Å². The Balaban J connectivity index is 1.48. The van der Waals surface area contributed by atoms with Crippen LogP contribution in [0.5, 0.6) is 0 Å². The maximum absolute atomic E-state index is 12.4. The highest BCUT2D eigenvalue weighted by Gasteiger charge is 2.19. The Bertz CT molecular complexity index is 657. The van der Waals surface area contributed by atoms with Gasteiger partial charge in [-0.05, 0) is 25.5 Å². The van der Waals surface area contributed by atoms with E-state index in [2.05, 4.69) is 32.2 Å². The van der Waals surface area contributed by atoms with Crippen molar-refractivity contribution in [3.63, 3.8) is 0 Å². The number of hydrogen-bond acceptors (Lipinski definition) is 5. The maximum Gasteiger partial charge on any atom is 0.224 e. The molecule has 0 atom stereocenters. The van der Waals surface area contributed by atoms with Gasteiger partial charge < -0.3 is 9.47 Å². The first kappa shape index (κ1) is 16.6. The maximum atomic E-state index is 12.4. The number of aromatic nitrogens is 4. The monoisotopic (exact) mass is 328 g/mol. The second-order valence-corrected chi connectivity index (χ2v) is 6.23. The molecule has 128 valence electrons. The van der Waals surface area contributed by atoms with Crippen LogP contribution in [0.2, 0.25) is 0 Å². The molecule has 2 aromatic heterocycles. The van der Waals surface area contributed by atoms with Crippen molar-refractivity contribution in [3.8, 4) is 0 Å². The minimum Gasteiger partial charge on any atom is -0.341 e. The van der Waals surface area contributed by atoms with Crippen LogP contribution in [0, 0.1) is 6.92 Å². The molecule has 0 N–H and O–H groups in total. The topological polar surface area (TPSA) is 67.2 Å². The van der Waals surface area contributed by atoms with Crippen molar-refractivity contribution in [2.75, 3.05) is 26.2 Å². The van der Waals surface area contributed by atoms with E-state index >= 15 is 0 Å². The van der Waals surface area contributed by atoms with E-state index in [4.69, 9.17) is 0 Å². The van der Waals surface area contributed by atoms with E-state index < -0.39 is 0 Å². The second-order valence-electron chi connectivity index (χ2n) is 6.23. The average Bonchev–Trinajstić information content (AvgIpc) is 2.98. The van der Waals surface area contributed by atoms with Gasteiger partial charge in [0.1, 0.15) is 12.7 Å². The molecule has 7 nitrogen and oxygen atoms in total. The number of nitrogens with zero attached hydrogens (tertiary/aromatic N) is 6. The second kappa shape index (κ2) is 8.01. The van der Waals surface area contributed by atoms with Gasteiger partial charge in [0.2, 0.25) is 5.91 Å². The Morgan fingerprint density at radius 2 is 1.96 bits per heavy atom. The summed E-state index contributed by atoms with van der Waals surface area (Å²) in [6.45, 7) is 7.02. The van der Waals surface area contributed by atoms with Gasteiger partial charge in [-0.2, -0.15) is 0 Å². The highest BCUT2D eigenvalue weighted by molar-refractivity contribution is 5.76. The molecule has 3 rings (SSSR count). The Morgan fingerprint density at radius 1 is 1.12 bits per heavy atom. The van der Waals surface area contributed by atoms with Gasteiger partial charge in [0.25, 0.3) is 0 Å². The number of carbonyl (C=O) groups is 1. The molecule has 0 aliphatic carbocycles. The van der Waals surface area contributed by atoms with Crippen molar-refractivity contribution >= 4 is 5.91 Å². The molecule has 24 heavy (non-hydrogen) atoms. The van der Waals surface area contributed by atoms with Gasteiger partial charge in [-0.25, -0.2) is 0 Å². The molecule has 0 spiro atoms. The number of hydrogen-bond donors (Lipinski definition) is 0. The van der Waals surface area contributed by atoms with Crippen molar-refractivity contribution in [3.05, 3.63) is 42.2 Å². The lowest BCUT2D eigenvalue weighted by molar-refractivity contribution is -0.131. The van der Waals surface area contributed by atoms with Crippen LogP contribution >= 0.6 is 0 Å². The smallest absolute Gasteiger partial charge is 0.224 e. The molecule has 1 fully saturated rings. The van der Waals surface area contributed by atoms with Crippen LogP contribution in [0.25, 0.3) is 0 Å². The molecule has 0 aromatic carbocycles. The number of rotatable bonds is 5. The Kier molecular flexibility index (Phi) is 5.53. The van der Waals surface area contributed by atoms with Gasteiger partial charge in [-0.3, -0.25) is 14.7 Å². The zero-order valence-corrected chi connectivity index (χ0v) is 14.1. The number of pyridine rings is 1. The van der Waals surface area contributed by atoms with Crippen molar-refractivity contribution in [1.82, 2.24) is 29.5 Å². The molecule has 1 saturated heterocycles.